The van der Waals surface area contributed by atoms with Crippen LogP contribution in [0.1, 0.15) is 18.9 Å². The van der Waals surface area contributed by atoms with E-state index in [1.807, 2.05) is 31.2 Å². The lowest BCUT2D eigenvalue weighted by Crippen LogP contribution is -2.46. The number of carboxylic acid groups (broad SMARTS) is 1. The Balaban J connectivity index is 2.05. The number of hydrogen-bond donors (Lipinski definition) is 1. The number of carbonyl (C=O) groups is 2. The van der Waals surface area contributed by atoms with Crippen molar-refractivity contribution in [3.05, 3.63) is 34.3 Å². The Bertz CT molecular complexity index is 518. The molecule has 0 spiro atoms. The van der Waals surface area contributed by atoms with E-state index in [2.05, 4.69) is 15.9 Å². The largest absolute Gasteiger partial charge is 0.481 e. The minimum Gasteiger partial charge on any atom is -0.481 e. The second-order valence-electron chi connectivity index (χ2n) is 5.44. The number of hydrogen-bond acceptors (Lipinski definition) is 2. The van der Waals surface area contributed by atoms with E-state index in [4.69, 9.17) is 5.11 Å². The van der Waals surface area contributed by atoms with Gasteiger partial charge >= 0.3 is 5.97 Å². The van der Waals surface area contributed by atoms with Crippen LogP contribution in [0.2, 0.25) is 0 Å². The van der Waals surface area contributed by atoms with Crippen LogP contribution < -0.4 is 0 Å². The molecule has 1 fully saturated rings. The van der Waals surface area contributed by atoms with Crippen LogP contribution in [-0.4, -0.2) is 35.0 Å². The summed E-state index contributed by atoms with van der Waals surface area (Å²) in [5.74, 6) is -1.03. The van der Waals surface area contributed by atoms with Crippen LogP contribution in [0.25, 0.3) is 0 Å². The van der Waals surface area contributed by atoms with E-state index in [0.29, 0.717) is 25.9 Å². The molecule has 108 valence electrons. The van der Waals surface area contributed by atoms with E-state index in [1.54, 1.807) is 4.90 Å². The number of nitrogens with zero attached hydrogens (tertiary/aromatic N) is 1. The van der Waals surface area contributed by atoms with Crippen LogP contribution in [0, 0.1) is 11.8 Å². The van der Waals surface area contributed by atoms with Gasteiger partial charge in [-0.25, -0.2) is 0 Å². The van der Waals surface area contributed by atoms with Gasteiger partial charge in [-0.1, -0.05) is 41.1 Å². The summed E-state index contributed by atoms with van der Waals surface area (Å²) in [6.45, 7) is 2.96. The van der Waals surface area contributed by atoms with Crippen molar-refractivity contribution in [3.8, 4) is 0 Å². The molecule has 20 heavy (non-hydrogen) atoms. The van der Waals surface area contributed by atoms with Crippen molar-refractivity contribution >= 4 is 27.8 Å². The first-order chi connectivity index (χ1) is 9.47. The molecule has 2 rings (SSSR count). The monoisotopic (exact) mass is 339 g/mol. The predicted molar refractivity (Wildman–Crippen MR) is 79.3 cm³/mol. The van der Waals surface area contributed by atoms with Crippen molar-refractivity contribution in [3.63, 3.8) is 0 Å². The number of halogens is 1. The highest BCUT2D eigenvalue weighted by Crippen LogP contribution is 2.23. The summed E-state index contributed by atoms with van der Waals surface area (Å²) in [5, 5.41) is 9.14. The Hall–Kier alpha value is -1.36. The van der Waals surface area contributed by atoms with Gasteiger partial charge in [-0.15, -0.1) is 0 Å². The van der Waals surface area contributed by atoms with Gasteiger partial charge in [0.2, 0.25) is 5.91 Å². The number of carboxylic acids is 1. The second kappa shape index (κ2) is 6.39. The summed E-state index contributed by atoms with van der Waals surface area (Å²) < 4.78 is 0.910. The number of aliphatic carboxylic acids is 1. The smallest absolute Gasteiger partial charge is 0.308 e. The molecular formula is C15H18BrNO3. The van der Waals surface area contributed by atoms with Crippen molar-refractivity contribution in [1.29, 1.82) is 0 Å². The van der Waals surface area contributed by atoms with Crippen LogP contribution in [0.5, 0.6) is 0 Å². The maximum Gasteiger partial charge on any atom is 0.308 e. The Labute approximate surface area is 126 Å². The van der Waals surface area contributed by atoms with Crippen LogP contribution in [0.4, 0.5) is 0 Å². The van der Waals surface area contributed by atoms with E-state index in [1.165, 1.54) is 0 Å². The van der Waals surface area contributed by atoms with E-state index in [-0.39, 0.29) is 11.8 Å². The average Bonchev–Trinajstić information content (AvgIpc) is 2.40. The lowest BCUT2D eigenvalue weighted by molar-refractivity contribution is -0.146. The van der Waals surface area contributed by atoms with E-state index < -0.39 is 11.9 Å². The molecule has 1 aliphatic heterocycles. The average molecular weight is 340 g/mol. The van der Waals surface area contributed by atoms with Gasteiger partial charge in [0.1, 0.15) is 0 Å². The summed E-state index contributed by atoms with van der Waals surface area (Å²) in [6, 6.07) is 7.61. The van der Waals surface area contributed by atoms with Gasteiger partial charge in [0.05, 0.1) is 12.3 Å². The van der Waals surface area contributed by atoms with Crippen molar-refractivity contribution < 1.29 is 14.7 Å². The van der Waals surface area contributed by atoms with E-state index in [9.17, 15) is 9.59 Å². The number of rotatable bonds is 3. The number of benzene rings is 1. The Morgan fingerprint density at radius 1 is 1.35 bits per heavy atom. The molecule has 0 aliphatic carbocycles. The summed E-state index contributed by atoms with van der Waals surface area (Å²) in [7, 11) is 0. The highest BCUT2D eigenvalue weighted by Gasteiger charge is 2.31. The molecule has 0 saturated carbocycles. The van der Waals surface area contributed by atoms with Gasteiger partial charge in [0.25, 0.3) is 0 Å². The number of piperidine rings is 1. The molecule has 0 radical (unpaired) electrons. The SMILES string of the molecule is CC1CC(C(=O)O)CN(C(=O)Cc2ccccc2Br)C1. The lowest BCUT2D eigenvalue weighted by Gasteiger charge is -2.34. The third-order valence-electron chi connectivity index (χ3n) is 3.66. The second-order valence-corrected chi connectivity index (χ2v) is 6.30. The minimum atomic E-state index is -0.810. The van der Waals surface area contributed by atoms with Crippen LogP contribution >= 0.6 is 15.9 Å². The van der Waals surface area contributed by atoms with Crippen LogP contribution in [0.15, 0.2) is 28.7 Å². The zero-order chi connectivity index (χ0) is 14.7. The molecular weight excluding hydrogens is 322 g/mol. The van der Waals surface area contributed by atoms with Gasteiger partial charge in [-0.3, -0.25) is 9.59 Å². The first-order valence-electron chi connectivity index (χ1n) is 6.71. The number of amides is 1. The molecule has 1 aromatic carbocycles. The molecule has 5 heteroatoms. The van der Waals surface area contributed by atoms with Crippen molar-refractivity contribution in [1.82, 2.24) is 4.90 Å². The molecule has 1 saturated heterocycles. The fraction of sp³-hybridized carbons (Fsp3) is 0.467. The lowest BCUT2D eigenvalue weighted by atomic mass is 9.90. The molecule has 1 heterocycles. The van der Waals surface area contributed by atoms with Gasteiger partial charge in [-0.05, 0) is 24.0 Å². The van der Waals surface area contributed by atoms with Crippen LogP contribution in [-0.2, 0) is 16.0 Å². The number of likely N-dealkylation sites (tertiary alicyclic amines) is 1. The van der Waals surface area contributed by atoms with Gasteiger partial charge in [-0.2, -0.15) is 0 Å². The zero-order valence-corrected chi connectivity index (χ0v) is 13.0. The summed E-state index contributed by atoms with van der Waals surface area (Å²) >= 11 is 3.43. The molecule has 1 aliphatic rings. The standard InChI is InChI=1S/C15H18BrNO3/c1-10-6-12(15(19)20)9-17(8-10)14(18)7-11-4-2-3-5-13(11)16/h2-5,10,12H,6-9H2,1H3,(H,19,20). The fourth-order valence-electron chi connectivity index (χ4n) is 2.65. The first-order valence-corrected chi connectivity index (χ1v) is 7.50. The molecule has 0 aromatic heterocycles. The highest BCUT2D eigenvalue weighted by atomic mass is 79.9. The molecule has 0 bridgehead atoms. The van der Waals surface area contributed by atoms with Gasteiger partial charge < -0.3 is 10.0 Å². The molecule has 1 aromatic rings. The third-order valence-corrected chi connectivity index (χ3v) is 4.43. The molecule has 2 atom stereocenters. The molecule has 1 N–H and O–H groups in total. The quantitative estimate of drug-likeness (QED) is 0.920. The van der Waals surface area contributed by atoms with Gasteiger partial charge in [0.15, 0.2) is 0 Å². The maximum absolute atomic E-state index is 12.3. The Morgan fingerprint density at radius 3 is 2.70 bits per heavy atom. The Kier molecular flexibility index (Phi) is 4.81. The van der Waals surface area contributed by atoms with Gasteiger partial charge in [0, 0.05) is 17.6 Å². The Morgan fingerprint density at radius 2 is 2.05 bits per heavy atom. The van der Waals surface area contributed by atoms with E-state index in [0.717, 1.165) is 10.0 Å². The predicted octanol–water partition coefficient (Wildman–Crippen LogP) is 2.56. The van der Waals surface area contributed by atoms with Crippen LogP contribution in [0.3, 0.4) is 0 Å². The third kappa shape index (κ3) is 3.60. The summed E-state index contributed by atoms with van der Waals surface area (Å²) in [5.41, 5.74) is 0.933. The minimum absolute atomic E-state index is 0.00491. The maximum atomic E-state index is 12.3. The first kappa shape index (κ1) is 15.0. The molecule has 4 nitrogen and oxygen atoms in total. The van der Waals surface area contributed by atoms with Crippen molar-refractivity contribution in [2.75, 3.05) is 13.1 Å². The van der Waals surface area contributed by atoms with Crippen molar-refractivity contribution in [2.24, 2.45) is 11.8 Å². The summed E-state index contributed by atoms with van der Waals surface area (Å²) in [4.78, 5) is 25.2. The topological polar surface area (TPSA) is 57.6 Å². The highest BCUT2D eigenvalue weighted by molar-refractivity contribution is 9.10. The number of carbonyl (C=O) groups excluding carboxylic acids is 1. The fourth-order valence-corrected chi connectivity index (χ4v) is 3.08. The van der Waals surface area contributed by atoms with E-state index >= 15 is 0 Å². The zero-order valence-electron chi connectivity index (χ0n) is 11.4. The van der Waals surface area contributed by atoms with Crippen molar-refractivity contribution in [2.45, 2.75) is 19.8 Å². The normalized spacial score (nSPS) is 22.6. The summed E-state index contributed by atoms with van der Waals surface area (Å²) in [6.07, 6.45) is 0.953. The molecule has 2 unspecified atom stereocenters. The molecule has 1 amide bonds.